The van der Waals surface area contributed by atoms with Gasteiger partial charge < -0.3 is 20.3 Å². The van der Waals surface area contributed by atoms with E-state index in [0.717, 1.165) is 57.8 Å². The van der Waals surface area contributed by atoms with Gasteiger partial charge in [0.2, 0.25) is 5.91 Å². The molecule has 6 nitrogen and oxygen atoms in total. The van der Waals surface area contributed by atoms with Crippen LogP contribution in [0.15, 0.2) is 12.2 Å². The molecule has 0 heterocycles. The number of amides is 1. The lowest BCUT2D eigenvalue weighted by Crippen LogP contribution is -2.46. The zero-order valence-electron chi connectivity index (χ0n) is 44.2. The maximum Gasteiger partial charge on any atom is 0.306 e. The molecule has 0 aromatic heterocycles. The first-order valence-corrected chi connectivity index (χ1v) is 29.4. The van der Waals surface area contributed by atoms with Crippen LogP contribution in [0.5, 0.6) is 0 Å². The van der Waals surface area contributed by atoms with Gasteiger partial charge in [0.25, 0.3) is 0 Å². The number of aliphatic hydroxyl groups is 2. The highest BCUT2D eigenvalue weighted by molar-refractivity contribution is 5.77. The molecule has 65 heavy (non-hydrogen) atoms. The molecule has 0 aliphatic carbocycles. The third kappa shape index (κ3) is 48.9. The summed E-state index contributed by atoms with van der Waals surface area (Å²) in [5, 5.41) is 23.9. The predicted octanol–water partition coefficient (Wildman–Crippen LogP) is 18.1. The van der Waals surface area contributed by atoms with Crippen molar-refractivity contribution < 1.29 is 24.5 Å². The molecule has 0 saturated carbocycles. The highest BCUT2D eigenvalue weighted by atomic mass is 16.5. The van der Waals surface area contributed by atoms with Gasteiger partial charge in [-0.15, -0.1) is 0 Å². The second-order valence-corrected chi connectivity index (χ2v) is 20.4. The lowest BCUT2D eigenvalue weighted by Gasteiger charge is -2.24. The Morgan fingerprint density at radius 1 is 0.431 bits per heavy atom. The lowest BCUT2D eigenvalue weighted by molar-refractivity contribution is -0.151. The molecule has 0 aromatic rings. The van der Waals surface area contributed by atoms with Gasteiger partial charge in [-0.2, -0.15) is 0 Å². The third-order valence-electron chi connectivity index (χ3n) is 13.8. The molecule has 0 fully saturated rings. The smallest absolute Gasteiger partial charge is 0.306 e. The Labute approximate surface area is 406 Å². The van der Waals surface area contributed by atoms with Crippen molar-refractivity contribution >= 4 is 11.9 Å². The van der Waals surface area contributed by atoms with E-state index in [0.29, 0.717) is 19.3 Å². The van der Waals surface area contributed by atoms with E-state index in [4.69, 9.17) is 4.74 Å². The molecule has 0 aliphatic heterocycles. The van der Waals surface area contributed by atoms with Gasteiger partial charge in [-0.3, -0.25) is 9.59 Å². The Morgan fingerprint density at radius 2 is 0.738 bits per heavy atom. The fraction of sp³-hybridized carbons (Fsp3) is 0.932. The molecule has 3 atom stereocenters. The van der Waals surface area contributed by atoms with Crippen LogP contribution in [0.2, 0.25) is 0 Å². The number of hydrogen-bond acceptors (Lipinski definition) is 5. The summed E-state index contributed by atoms with van der Waals surface area (Å²) in [5.74, 6) is -0.458. The summed E-state index contributed by atoms with van der Waals surface area (Å²) in [6.07, 6.45) is 61.4. The number of esters is 1. The summed E-state index contributed by atoms with van der Waals surface area (Å²) in [7, 11) is 0. The van der Waals surface area contributed by atoms with Crippen molar-refractivity contribution in [1.82, 2.24) is 5.32 Å². The van der Waals surface area contributed by atoms with E-state index in [-0.39, 0.29) is 24.9 Å². The van der Waals surface area contributed by atoms with Gasteiger partial charge in [0, 0.05) is 6.42 Å². The molecule has 0 radical (unpaired) electrons. The SMILES string of the molecule is CCCCCCCC/C=C/CCCCCCCC(CC(=O)NC(CO)C(O)CCCCCCCCCCCCCCC)OC(=O)CCCCCCCCCCCCCCCCCCCC. The summed E-state index contributed by atoms with van der Waals surface area (Å²) in [4.78, 5) is 26.3. The fourth-order valence-electron chi connectivity index (χ4n) is 9.37. The molecule has 0 bridgehead atoms. The van der Waals surface area contributed by atoms with Crippen LogP contribution in [-0.2, 0) is 14.3 Å². The van der Waals surface area contributed by atoms with E-state index in [2.05, 4.69) is 38.2 Å². The topological polar surface area (TPSA) is 95.9 Å². The number of carbonyl (C=O) groups is 2. The van der Waals surface area contributed by atoms with Gasteiger partial charge in [-0.05, 0) is 51.4 Å². The van der Waals surface area contributed by atoms with Crippen LogP contribution in [0.1, 0.15) is 329 Å². The van der Waals surface area contributed by atoms with E-state index in [1.807, 2.05) is 0 Å². The van der Waals surface area contributed by atoms with Crippen LogP contribution in [0.25, 0.3) is 0 Å². The van der Waals surface area contributed by atoms with E-state index < -0.39 is 18.2 Å². The lowest BCUT2D eigenvalue weighted by atomic mass is 10.0. The number of carbonyl (C=O) groups excluding carboxylic acids is 2. The van der Waals surface area contributed by atoms with Crippen LogP contribution < -0.4 is 5.32 Å². The highest BCUT2D eigenvalue weighted by Gasteiger charge is 2.24. The van der Waals surface area contributed by atoms with Gasteiger partial charge in [0.1, 0.15) is 6.10 Å². The van der Waals surface area contributed by atoms with Crippen molar-refractivity contribution in [2.45, 2.75) is 347 Å². The second kappa shape index (κ2) is 53.6. The maximum absolute atomic E-state index is 13.3. The molecule has 0 rings (SSSR count). The van der Waals surface area contributed by atoms with Crippen molar-refractivity contribution in [3.63, 3.8) is 0 Å². The number of aliphatic hydroxyl groups excluding tert-OH is 2. The first kappa shape index (κ1) is 63.6. The molecule has 0 spiro atoms. The minimum atomic E-state index is -0.785. The average Bonchev–Trinajstić information content (AvgIpc) is 3.30. The zero-order chi connectivity index (χ0) is 47.4. The van der Waals surface area contributed by atoms with E-state index >= 15 is 0 Å². The van der Waals surface area contributed by atoms with Crippen LogP contribution in [-0.4, -0.2) is 46.9 Å². The molecule has 3 unspecified atom stereocenters. The number of unbranched alkanes of at least 4 members (excludes halogenated alkanes) is 40. The van der Waals surface area contributed by atoms with Crippen LogP contribution in [0.4, 0.5) is 0 Å². The summed E-state index contributed by atoms with van der Waals surface area (Å²) >= 11 is 0. The number of nitrogens with one attached hydrogen (secondary N) is 1. The average molecular weight is 919 g/mol. The Balaban J connectivity index is 4.50. The fourth-order valence-corrected chi connectivity index (χ4v) is 9.37. The number of hydrogen-bond donors (Lipinski definition) is 3. The molecule has 6 heteroatoms. The number of rotatable bonds is 54. The summed E-state index contributed by atoms with van der Waals surface area (Å²) in [6, 6.07) is -0.698. The van der Waals surface area contributed by atoms with E-state index in [1.54, 1.807) is 0 Å². The molecule has 0 saturated heterocycles. The monoisotopic (exact) mass is 918 g/mol. The first-order valence-electron chi connectivity index (χ1n) is 29.4. The summed E-state index contributed by atoms with van der Waals surface area (Å²) in [6.45, 7) is 6.52. The molecule has 1 amide bonds. The normalized spacial score (nSPS) is 13.1. The largest absolute Gasteiger partial charge is 0.462 e. The highest BCUT2D eigenvalue weighted by Crippen LogP contribution is 2.19. The third-order valence-corrected chi connectivity index (χ3v) is 13.8. The maximum atomic E-state index is 13.3. The number of ether oxygens (including phenoxy) is 1. The van der Waals surface area contributed by atoms with Crippen molar-refractivity contribution in [1.29, 1.82) is 0 Å². The van der Waals surface area contributed by atoms with E-state index in [1.165, 1.54) is 225 Å². The Bertz CT molecular complexity index is 986. The van der Waals surface area contributed by atoms with Gasteiger partial charge in [0.15, 0.2) is 0 Å². The Morgan fingerprint density at radius 3 is 1.09 bits per heavy atom. The van der Waals surface area contributed by atoms with Crippen LogP contribution in [0, 0.1) is 0 Å². The molecular weight excluding hydrogens is 803 g/mol. The Kier molecular flexibility index (Phi) is 52.4. The molecular formula is C59H115NO5. The van der Waals surface area contributed by atoms with Crippen molar-refractivity contribution in [2.24, 2.45) is 0 Å². The van der Waals surface area contributed by atoms with Crippen molar-refractivity contribution in [3.05, 3.63) is 12.2 Å². The minimum absolute atomic E-state index is 0.0796. The zero-order valence-corrected chi connectivity index (χ0v) is 44.2. The summed E-state index contributed by atoms with van der Waals surface area (Å²) in [5.41, 5.74) is 0. The summed E-state index contributed by atoms with van der Waals surface area (Å²) < 4.78 is 5.97. The molecule has 0 aromatic carbocycles. The van der Waals surface area contributed by atoms with Gasteiger partial charge >= 0.3 is 5.97 Å². The van der Waals surface area contributed by atoms with Gasteiger partial charge in [0.05, 0.1) is 25.2 Å². The first-order chi connectivity index (χ1) is 32.0. The van der Waals surface area contributed by atoms with Gasteiger partial charge in [-0.1, -0.05) is 277 Å². The molecule has 0 aliphatic rings. The van der Waals surface area contributed by atoms with Crippen LogP contribution >= 0.6 is 0 Å². The van der Waals surface area contributed by atoms with Gasteiger partial charge in [-0.25, -0.2) is 0 Å². The molecule has 3 N–H and O–H groups in total. The minimum Gasteiger partial charge on any atom is -0.462 e. The van der Waals surface area contributed by atoms with Crippen molar-refractivity contribution in [2.75, 3.05) is 6.61 Å². The number of allylic oxidation sites excluding steroid dienone is 2. The second-order valence-electron chi connectivity index (χ2n) is 20.4. The molecule has 386 valence electrons. The standard InChI is InChI=1S/C59H115NO5/c1-4-7-10-13-16-19-22-25-27-28-29-31-34-37-40-43-46-49-52-59(64)65-55(50-47-44-41-38-35-33-30-26-23-20-17-14-11-8-5-2)53-58(63)60-56(54-61)57(62)51-48-45-42-39-36-32-24-21-18-15-12-9-6-3/h26,30,55-57,61-62H,4-25,27-29,31-54H2,1-3H3,(H,60,63)/b30-26+. The van der Waals surface area contributed by atoms with E-state index in [9.17, 15) is 19.8 Å². The Hall–Kier alpha value is -1.40. The quantitative estimate of drug-likeness (QED) is 0.0321. The van der Waals surface area contributed by atoms with Crippen LogP contribution in [0.3, 0.4) is 0 Å². The van der Waals surface area contributed by atoms with Crippen molar-refractivity contribution in [3.8, 4) is 0 Å². The predicted molar refractivity (Wildman–Crippen MR) is 283 cm³/mol.